The van der Waals surface area contributed by atoms with Crippen LogP contribution in [0.4, 0.5) is 0 Å². The molecule has 0 amide bonds. The van der Waals surface area contributed by atoms with E-state index in [9.17, 15) is 0 Å². The highest BCUT2D eigenvalue weighted by Crippen LogP contribution is 2.15. The monoisotopic (exact) mass is 422 g/mol. The van der Waals surface area contributed by atoms with Crippen molar-refractivity contribution in [2.45, 2.75) is 52.4 Å². The third-order valence-electron chi connectivity index (χ3n) is 4.63. The van der Waals surface area contributed by atoms with E-state index in [2.05, 4.69) is 29.0 Å². The lowest BCUT2D eigenvalue weighted by atomic mass is 10.0. The quantitative estimate of drug-likeness (QED) is 0.309. The molecule has 2 heterocycles. The van der Waals surface area contributed by atoms with Crippen molar-refractivity contribution in [3.63, 3.8) is 0 Å². The van der Waals surface area contributed by atoms with E-state index < -0.39 is 0 Å². The molecule has 1 atom stereocenters. The fourth-order valence-electron chi connectivity index (χ4n) is 3.45. The maximum Gasteiger partial charge on any atom is 0.193 e. The molecular formula is C17H35IN4. The SMILES string of the molecule is CCNC(=NCCCCN1CCCC1)N1CCCC(C)C1.I. The summed E-state index contributed by atoms with van der Waals surface area (Å²) in [6, 6.07) is 0. The Morgan fingerprint density at radius 3 is 2.59 bits per heavy atom. The summed E-state index contributed by atoms with van der Waals surface area (Å²) in [5, 5.41) is 3.47. The van der Waals surface area contributed by atoms with Crippen molar-refractivity contribution in [2.24, 2.45) is 10.9 Å². The molecule has 2 rings (SSSR count). The van der Waals surface area contributed by atoms with E-state index in [1.807, 2.05) is 0 Å². The molecule has 2 saturated heterocycles. The molecule has 2 aliphatic rings. The second-order valence-corrected chi connectivity index (χ2v) is 6.68. The summed E-state index contributed by atoms with van der Waals surface area (Å²) in [6.07, 6.45) is 7.98. The Labute approximate surface area is 154 Å². The molecular weight excluding hydrogens is 387 g/mol. The van der Waals surface area contributed by atoms with Gasteiger partial charge in [-0.2, -0.15) is 0 Å². The van der Waals surface area contributed by atoms with Gasteiger partial charge in [0.15, 0.2) is 5.96 Å². The van der Waals surface area contributed by atoms with Gasteiger partial charge in [0.1, 0.15) is 0 Å². The van der Waals surface area contributed by atoms with Crippen molar-refractivity contribution < 1.29 is 0 Å². The van der Waals surface area contributed by atoms with Crippen LogP contribution in [0.15, 0.2) is 4.99 Å². The summed E-state index contributed by atoms with van der Waals surface area (Å²) in [6.45, 7) is 12.7. The van der Waals surface area contributed by atoms with Crippen LogP contribution in [0.5, 0.6) is 0 Å². The maximum atomic E-state index is 4.85. The molecule has 4 nitrogen and oxygen atoms in total. The van der Waals surface area contributed by atoms with E-state index in [1.54, 1.807) is 0 Å². The number of hydrogen-bond acceptors (Lipinski definition) is 2. The minimum atomic E-state index is 0. The van der Waals surface area contributed by atoms with Crippen LogP contribution in [0.1, 0.15) is 52.4 Å². The zero-order chi connectivity index (χ0) is 14.9. The van der Waals surface area contributed by atoms with Gasteiger partial charge in [0.2, 0.25) is 0 Å². The highest BCUT2D eigenvalue weighted by molar-refractivity contribution is 14.0. The molecule has 1 N–H and O–H groups in total. The zero-order valence-electron chi connectivity index (χ0n) is 14.5. The van der Waals surface area contributed by atoms with Crippen molar-refractivity contribution in [1.29, 1.82) is 0 Å². The van der Waals surface area contributed by atoms with Gasteiger partial charge >= 0.3 is 0 Å². The summed E-state index contributed by atoms with van der Waals surface area (Å²) in [7, 11) is 0. The third-order valence-corrected chi connectivity index (χ3v) is 4.63. The molecule has 22 heavy (non-hydrogen) atoms. The van der Waals surface area contributed by atoms with Gasteiger partial charge < -0.3 is 15.1 Å². The van der Waals surface area contributed by atoms with Gasteiger partial charge in [-0.1, -0.05) is 6.92 Å². The van der Waals surface area contributed by atoms with Crippen LogP contribution in [-0.4, -0.2) is 61.6 Å². The Hall–Kier alpha value is -0.0400. The number of nitrogens with zero attached hydrogens (tertiary/aromatic N) is 3. The summed E-state index contributed by atoms with van der Waals surface area (Å²) < 4.78 is 0. The number of guanidine groups is 1. The Kier molecular flexibility index (Phi) is 10.4. The Bertz CT molecular complexity index is 316. The second kappa shape index (κ2) is 11.5. The van der Waals surface area contributed by atoms with E-state index in [-0.39, 0.29) is 24.0 Å². The standard InChI is InChI=1S/C17H34N4.HI/c1-3-18-17(21-14-8-9-16(2)15-21)19-10-4-5-11-20-12-6-7-13-20;/h16H,3-15H2,1-2H3,(H,18,19);1H. The second-order valence-electron chi connectivity index (χ2n) is 6.68. The van der Waals surface area contributed by atoms with E-state index >= 15 is 0 Å². The molecule has 0 radical (unpaired) electrons. The topological polar surface area (TPSA) is 30.9 Å². The number of unbranched alkanes of at least 4 members (excludes halogenated alkanes) is 1. The van der Waals surface area contributed by atoms with Crippen LogP contribution in [0.3, 0.4) is 0 Å². The normalized spacial score (nSPS) is 23.5. The van der Waals surface area contributed by atoms with E-state index in [0.29, 0.717) is 0 Å². The minimum absolute atomic E-state index is 0. The number of likely N-dealkylation sites (tertiary alicyclic amines) is 2. The first kappa shape index (κ1) is 20.0. The van der Waals surface area contributed by atoms with Crippen LogP contribution in [-0.2, 0) is 0 Å². The average Bonchev–Trinajstić information content (AvgIpc) is 2.99. The molecule has 5 heteroatoms. The average molecular weight is 422 g/mol. The molecule has 0 aromatic rings. The van der Waals surface area contributed by atoms with Crippen LogP contribution in [0.25, 0.3) is 0 Å². The van der Waals surface area contributed by atoms with Gasteiger partial charge in [0.25, 0.3) is 0 Å². The number of hydrogen-bond donors (Lipinski definition) is 1. The van der Waals surface area contributed by atoms with Gasteiger partial charge in [0, 0.05) is 26.2 Å². The molecule has 0 aromatic carbocycles. The number of rotatable bonds is 6. The predicted molar refractivity (Wildman–Crippen MR) is 106 cm³/mol. The summed E-state index contributed by atoms with van der Waals surface area (Å²) in [5.41, 5.74) is 0. The molecule has 2 aliphatic heterocycles. The third kappa shape index (κ3) is 7.02. The Balaban J connectivity index is 0.00000242. The predicted octanol–water partition coefficient (Wildman–Crippen LogP) is 3.18. The van der Waals surface area contributed by atoms with Crippen molar-refractivity contribution in [3.8, 4) is 0 Å². The molecule has 130 valence electrons. The van der Waals surface area contributed by atoms with Crippen molar-refractivity contribution >= 4 is 29.9 Å². The lowest BCUT2D eigenvalue weighted by molar-refractivity contribution is 0.266. The fourth-order valence-corrected chi connectivity index (χ4v) is 3.45. The molecule has 0 aromatic heterocycles. The van der Waals surface area contributed by atoms with Crippen molar-refractivity contribution in [3.05, 3.63) is 0 Å². The number of piperidine rings is 1. The summed E-state index contributed by atoms with van der Waals surface area (Å²) in [4.78, 5) is 9.90. The van der Waals surface area contributed by atoms with E-state index in [1.165, 1.54) is 71.2 Å². The number of halogens is 1. The van der Waals surface area contributed by atoms with Gasteiger partial charge in [0.05, 0.1) is 0 Å². The molecule has 1 unspecified atom stereocenters. The molecule has 0 aliphatic carbocycles. The lowest BCUT2D eigenvalue weighted by Crippen LogP contribution is -2.46. The summed E-state index contributed by atoms with van der Waals surface area (Å²) in [5.74, 6) is 1.95. The molecule has 0 bridgehead atoms. The molecule has 0 saturated carbocycles. The van der Waals surface area contributed by atoms with Crippen LogP contribution in [0, 0.1) is 5.92 Å². The van der Waals surface area contributed by atoms with Crippen molar-refractivity contribution in [2.75, 3.05) is 45.8 Å². The Morgan fingerprint density at radius 1 is 1.14 bits per heavy atom. The van der Waals surface area contributed by atoms with Gasteiger partial charge in [-0.15, -0.1) is 24.0 Å². The largest absolute Gasteiger partial charge is 0.357 e. The maximum absolute atomic E-state index is 4.85. The van der Waals surface area contributed by atoms with Crippen LogP contribution >= 0.6 is 24.0 Å². The lowest BCUT2D eigenvalue weighted by Gasteiger charge is -2.33. The number of nitrogens with one attached hydrogen (secondary N) is 1. The van der Waals surface area contributed by atoms with E-state index in [4.69, 9.17) is 4.99 Å². The Morgan fingerprint density at radius 2 is 1.91 bits per heavy atom. The zero-order valence-corrected chi connectivity index (χ0v) is 16.8. The first-order valence-electron chi connectivity index (χ1n) is 9.05. The van der Waals surface area contributed by atoms with Gasteiger partial charge in [-0.3, -0.25) is 4.99 Å². The highest BCUT2D eigenvalue weighted by Gasteiger charge is 2.18. The summed E-state index contributed by atoms with van der Waals surface area (Å²) >= 11 is 0. The van der Waals surface area contributed by atoms with Gasteiger partial charge in [-0.25, -0.2) is 0 Å². The molecule has 2 fully saturated rings. The van der Waals surface area contributed by atoms with Crippen LogP contribution in [0.2, 0.25) is 0 Å². The van der Waals surface area contributed by atoms with Crippen LogP contribution < -0.4 is 5.32 Å². The smallest absolute Gasteiger partial charge is 0.193 e. The van der Waals surface area contributed by atoms with Crippen molar-refractivity contribution in [1.82, 2.24) is 15.1 Å². The first-order chi connectivity index (χ1) is 10.3. The van der Waals surface area contributed by atoms with Gasteiger partial charge in [-0.05, 0) is 71.0 Å². The highest BCUT2D eigenvalue weighted by atomic mass is 127. The fraction of sp³-hybridized carbons (Fsp3) is 0.941. The molecule has 0 spiro atoms. The first-order valence-corrected chi connectivity index (χ1v) is 9.05. The minimum Gasteiger partial charge on any atom is -0.357 e. The number of aliphatic imine (C=N–C) groups is 1. The van der Waals surface area contributed by atoms with E-state index in [0.717, 1.165) is 25.0 Å².